The summed E-state index contributed by atoms with van der Waals surface area (Å²) in [6, 6.07) is 8.32. The van der Waals surface area contributed by atoms with Gasteiger partial charge >= 0.3 is 0 Å². The lowest BCUT2D eigenvalue weighted by Crippen LogP contribution is -2.34. The molecule has 0 heterocycles. The first-order chi connectivity index (χ1) is 8.23. The molecule has 1 aliphatic carbocycles. The topological polar surface area (TPSA) is 12.0 Å². The molecule has 0 amide bonds. The summed E-state index contributed by atoms with van der Waals surface area (Å²) in [5.41, 5.74) is 1.64. The number of hydrogen-bond donors (Lipinski definition) is 1. The Morgan fingerprint density at radius 1 is 1.24 bits per heavy atom. The Bertz CT molecular complexity index is 358. The van der Waals surface area contributed by atoms with E-state index in [2.05, 4.69) is 23.5 Å². The van der Waals surface area contributed by atoms with Crippen LogP contribution in [0.25, 0.3) is 0 Å². The fourth-order valence-electron chi connectivity index (χ4n) is 2.51. The fraction of sp³-hybridized carbons (Fsp3) is 0.600. The van der Waals surface area contributed by atoms with Gasteiger partial charge in [0.2, 0.25) is 0 Å². The SMILES string of the molecule is CNCCCc1ccccc1CC1(F)CCC1. The highest BCUT2D eigenvalue weighted by Gasteiger charge is 2.37. The zero-order chi connectivity index (χ0) is 12.1. The number of hydrogen-bond acceptors (Lipinski definition) is 1. The third kappa shape index (κ3) is 3.29. The molecule has 1 aromatic rings. The molecule has 0 spiro atoms. The van der Waals surface area contributed by atoms with Crippen LogP contribution in [-0.2, 0) is 12.8 Å². The average molecular weight is 235 g/mol. The first-order valence-electron chi connectivity index (χ1n) is 6.64. The van der Waals surface area contributed by atoms with Crippen LogP contribution in [-0.4, -0.2) is 19.3 Å². The molecule has 1 aromatic carbocycles. The van der Waals surface area contributed by atoms with E-state index in [1.807, 2.05) is 13.1 Å². The molecule has 1 nitrogen and oxygen atoms in total. The van der Waals surface area contributed by atoms with E-state index >= 15 is 0 Å². The van der Waals surface area contributed by atoms with Gasteiger partial charge in [0.15, 0.2) is 0 Å². The minimum absolute atomic E-state index is 0.614. The Kier molecular flexibility index (Phi) is 4.16. The molecule has 1 saturated carbocycles. The molecule has 0 atom stereocenters. The molecule has 0 bridgehead atoms. The van der Waals surface area contributed by atoms with Gasteiger partial charge in [-0.25, -0.2) is 4.39 Å². The van der Waals surface area contributed by atoms with Crippen LogP contribution in [0.3, 0.4) is 0 Å². The van der Waals surface area contributed by atoms with E-state index in [0.717, 1.165) is 38.6 Å². The van der Waals surface area contributed by atoms with Crippen molar-refractivity contribution >= 4 is 0 Å². The number of rotatable bonds is 6. The highest BCUT2D eigenvalue weighted by Crippen LogP contribution is 2.39. The van der Waals surface area contributed by atoms with Crippen LogP contribution in [0.15, 0.2) is 24.3 Å². The predicted molar refractivity (Wildman–Crippen MR) is 70.1 cm³/mol. The van der Waals surface area contributed by atoms with Crippen LogP contribution in [0.4, 0.5) is 4.39 Å². The van der Waals surface area contributed by atoms with Crippen LogP contribution in [0.2, 0.25) is 0 Å². The van der Waals surface area contributed by atoms with Crippen molar-refractivity contribution < 1.29 is 4.39 Å². The van der Waals surface area contributed by atoms with Gasteiger partial charge in [0, 0.05) is 6.42 Å². The summed E-state index contributed by atoms with van der Waals surface area (Å²) in [7, 11) is 1.97. The molecule has 1 aliphatic rings. The first-order valence-corrected chi connectivity index (χ1v) is 6.64. The van der Waals surface area contributed by atoms with Crippen LogP contribution in [0, 0.1) is 0 Å². The monoisotopic (exact) mass is 235 g/mol. The second-order valence-corrected chi connectivity index (χ2v) is 5.16. The third-order valence-electron chi connectivity index (χ3n) is 3.75. The van der Waals surface area contributed by atoms with Crippen LogP contribution in [0.1, 0.15) is 36.8 Å². The zero-order valence-corrected chi connectivity index (χ0v) is 10.6. The van der Waals surface area contributed by atoms with E-state index in [1.54, 1.807) is 0 Å². The maximum absolute atomic E-state index is 14.1. The average Bonchev–Trinajstić information content (AvgIpc) is 2.30. The Hall–Kier alpha value is -0.890. The standard InChI is InChI=1S/C15H22FN/c1-17-11-4-8-13-6-2-3-7-14(13)12-15(16)9-5-10-15/h2-3,6-7,17H,4-5,8-12H2,1H3. The van der Waals surface area contributed by atoms with Gasteiger partial charge in [0.25, 0.3) is 0 Å². The molecule has 0 aliphatic heterocycles. The fourth-order valence-corrected chi connectivity index (χ4v) is 2.51. The number of aryl methyl sites for hydroxylation is 1. The molecule has 94 valence electrons. The van der Waals surface area contributed by atoms with Crippen molar-refractivity contribution in [1.29, 1.82) is 0 Å². The number of alkyl halides is 1. The summed E-state index contributed by atoms with van der Waals surface area (Å²) < 4.78 is 14.1. The van der Waals surface area contributed by atoms with E-state index in [0.29, 0.717) is 6.42 Å². The summed E-state index contributed by atoms with van der Waals surface area (Å²) in [4.78, 5) is 0. The minimum atomic E-state index is -0.904. The van der Waals surface area contributed by atoms with E-state index in [1.165, 1.54) is 11.1 Å². The summed E-state index contributed by atoms with van der Waals surface area (Å²) >= 11 is 0. The van der Waals surface area contributed by atoms with Gasteiger partial charge < -0.3 is 5.32 Å². The van der Waals surface area contributed by atoms with Crippen LogP contribution < -0.4 is 5.32 Å². The highest BCUT2D eigenvalue weighted by molar-refractivity contribution is 5.29. The molecule has 17 heavy (non-hydrogen) atoms. The lowest BCUT2D eigenvalue weighted by molar-refractivity contribution is 0.0639. The Labute approximate surface area is 103 Å². The molecule has 0 saturated heterocycles. The zero-order valence-electron chi connectivity index (χ0n) is 10.6. The molecule has 2 rings (SSSR count). The van der Waals surface area contributed by atoms with Gasteiger partial charge in [-0.05, 0) is 56.8 Å². The van der Waals surface area contributed by atoms with Crippen molar-refractivity contribution in [3.05, 3.63) is 35.4 Å². The van der Waals surface area contributed by atoms with E-state index in [4.69, 9.17) is 0 Å². The molecular weight excluding hydrogens is 213 g/mol. The van der Waals surface area contributed by atoms with Crippen LogP contribution >= 0.6 is 0 Å². The Morgan fingerprint density at radius 2 is 1.94 bits per heavy atom. The van der Waals surface area contributed by atoms with Gasteiger partial charge in [-0.1, -0.05) is 24.3 Å². The number of benzene rings is 1. The van der Waals surface area contributed by atoms with E-state index in [-0.39, 0.29) is 0 Å². The first kappa shape index (κ1) is 12.6. The van der Waals surface area contributed by atoms with E-state index in [9.17, 15) is 4.39 Å². The van der Waals surface area contributed by atoms with Crippen molar-refractivity contribution in [3.8, 4) is 0 Å². The molecular formula is C15H22FN. The summed E-state index contributed by atoms with van der Waals surface area (Å²) in [6.07, 6.45) is 5.33. The molecule has 1 fully saturated rings. The number of nitrogens with one attached hydrogen (secondary N) is 1. The van der Waals surface area contributed by atoms with Gasteiger partial charge in [-0.15, -0.1) is 0 Å². The largest absolute Gasteiger partial charge is 0.320 e. The predicted octanol–water partition coefficient (Wildman–Crippen LogP) is 3.27. The maximum Gasteiger partial charge on any atom is 0.115 e. The Morgan fingerprint density at radius 3 is 2.53 bits per heavy atom. The number of halogens is 1. The lowest BCUT2D eigenvalue weighted by atomic mass is 9.77. The van der Waals surface area contributed by atoms with Crippen molar-refractivity contribution in [2.75, 3.05) is 13.6 Å². The highest BCUT2D eigenvalue weighted by atomic mass is 19.1. The summed E-state index contributed by atoms with van der Waals surface area (Å²) in [5, 5.41) is 3.15. The molecule has 1 N–H and O–H groups in total. The maximum atomic E-state index is 14.1. The quantitative estimate of drug-likeness (QED) is 0.746. The van der Waals surface area contributed by atoms with Gasteiger partial charge in [0.1, 0.15) is 5.67 Å². The summed E-state index contributed by atoms with van der Waals surface area (Å²) in [5.74, 6) is 0. The van der Waals surface area contributed by atoms with Gasteiger partial charge in [0.05, 0.1) is 0 Å². The minimum Gasteiger partial charge on any atom is -0.320 e. The normalized spacial score (nSPS) is 17.8. The molecule has 0 radical (unpaired) electrons. The van der Waals surface area contributed by atoms with E-state index < -0.39 is 5.67 Å². The second kappa shape index (κ2) is 5.63. The Balaban J connectivity index is 1.99. The third-order valence-corrected chi connectivity index (χ3v) is 3.75. The van der Waals surface area contributed by atoms with Crippen molar-refractivity contribution in [1.82, 2.24) is 5.32 Å². The smallest absolute Gasteiger partial charge is 0.115 e. The second-order valence-electron chi connectivity index (χ2n) is 5.16. The van der Waals surface area contributed by atoms with Crippen molar-refractivity contribution in [2.24, 2.45) is 0 Å². The molecule has 2 heteroatoms. The summed E-state index contributed by atoms with van der Waals surface area (Å²) in [6.45, 7) is 1.02. The van der Waals surface area contributed by atoms with Crippen LogP contribution in [0.5, 0.6) is 0 Å². The molecule has 0 aromatic heterocycles. The molecule has 0 unspecified atom stereocenters. The van der Waals surface area contributed by atoms with Crippen molar-refractivity contribution in [2.45, 2.75) is 44.2 Å². The van der Waals surface area contributed by atoms with Crippen molar-refractivity contribution in [3.63, 3.8) is 0 Å². The van der Waals surface area contributed by atoms with Gasteiger partial charge in [-0.2, -0.15) is 0 Å². The van der Waals surface area contributed by atoms with Gasteiger partial charge in [-0.3, -0.25) is 0 Å². The lowest BCUT2D eigenvalue weighted by Gasteiger charge is -2.34.